The van der Waals surface area contributed by atoms with Crippen LogP contribution in [0.3, 0.4) is 0 Å². The number of carbonyl (C=O) groups excluding carboxylic acids is 1. The minimum absolute atomic E-state index is 0.257. The molecule has 0 aromatic heterocycles. The molecule has 112 valence electrons. The van der Waals surface area contributed by atoms with Gasteiger partial charge in [0.15, 0.2) is 0 Å². The summed E-state index contributed by atoms with van der Waals surface area (Å²) in [7, 11) is 1.89. The Morgan fingerprint density at radius 3 is 2.84 bits per heavy atom. The molecule has 1 unspecified atom stereocenters. The van der Waals surface area contributed by atoms with Gasteiger partial charge in [0.1, 0.15) is 0 Å². The van der Waals surface area contributed by atoms with E-state index in [0.29, 0.717) is 19.0 Å². The van der Waals surface area contributed by atoms with Crippen LogP contribution < -0.4 is 5.73 Å². The lowest BCUT2D eigenvalue weighted by Gasteiger charge is -2.29. The number of likely N-dealkylation sites (tertiary alicyclic amines) is 1. The van der Waals surface area contributed by atoms with Gasteiger partial charge in [-0.1, -0.05) is 19.8 Å². The molecule has 0 spiro atoms. The van der Waals surface area contributed by atoms with E-state index >= 15 is 0 Å². The van der Waals surface area contributed by atoms with Crippen molar-refractivity contribution in [3.63, 3.8) is 0 Å². The lowest BCUT2D eigenvalue weighted by molar-refractivity contribution is -0.130. The Morgan fingerprint density at radius 1 is 1.37 bits per heavy atom. The van der Waals surface area contributed by atoms with E-state index in [1.807, 2.05) is 11.9 Å². The van der Waals surface area contributed by atoms with Gasteiger partial charge in [0.25, 0.3) is 0 Å². The lowest BCUT2D eigenvalue weighted by Crippen LogP contribution is -2.38. The third-order valence-electron chi connectivity index (χ3n) is 4.21. The van der Waals surface area contributed by atoms with E-state index in [9.17, 15) is 4.79 Å². The topological polar surface area (TPSA) is 49.6 Å². The Balaban J connectivity index is 2.34. The molecule has 0 aliphatic carbocycles. The van der Waals surface area contributed by atoms with Crippen LogP contribution in [0, 0.1) is 0 Å². The number of nitrogens with zero attached hydrogens (tertiary/aromatic N) is 2. The zero-order chi connectivity index (χ0) is 14.1. The third kappa shape index (κ3) is 5.91. The van der Waals surface area contributed by atoms with Crippen molar-refractivity contribution in [1.82, 2.24) is 9.80 Å². The zero-order valence-corrected chi connectivity index (χ0v) is 12.7. The first-order chi connectivity index (χ1) is 9.19. The van der Waals surface area contributed by atoms with Gasteiger partial charge in [0, 0.05) is 32.6 Å². The predicted octanol–water partition coefficient (Wildman–Crippen LogP) is 1.84. The van der Waals surface area contributed by atoms with Crippen LogP contribution >= 0.6 is 0 Å². The van der Waals surface area contributed by atoms with Crippen molar-refractivity contribution >= 4 is 5.91 Å². The Hall–Kier alpha value is -0.610. The maximum absolute atomic E-state index is 12.0. The van der Waals surface area contributed by atoms with E-state index in [1.165, 1.54) is 32.1 Å². The molecule has 0 bridgehead atoms. The fourth-order valence-corrected chi connectivity index (χ4v) is 2.88. The van der Waals surface area contributed by atoms with Gasteiger partial charge in [-0.3, -0.25) is 9.69 Å². The molecule has 1 rings (SSSR count). The quantitative estimate of drug-likeness (QED) is 0.767. The summed E-state index contributed by atoms with van der Waals surface area (Å²) in [5.74, 6) is 0.257. The minimum Gasteiger partial charge on any atom is -0.346 e. The second-order valence-corrected chi connectivity index (χ2v) is 5.65. The number of hydrogen-bond donors (Lipinski definition) is 1. The first-order valence-corrected chi connectivity index (χ1v) is 7.87. The van der Waals surface area contributed by atoms with Gasteiger partial charge in [-0.25, -0.2) is 0 Å². The molecule has 19 heavy (non-hydrogen) atoms. The first-order valence-electron chi connectivity index (χ1n) is 7.87. The number of hydrogen-bond acceptors (Lipinski definition) is 3. The summed E-state index contributed by atoms with van der Waals surface area (Å²) in [4.78, 5) is 16.4. The highest BCUT2D eigenvalue weighted by atomic mass is 16.2. The van der Waals surface area contributed by atoms with Crippen LogP contribution in [0.5, 0.6) is 0 Å². The van der Waals surface area contributed by atoms with E-state index in [1.54, 1.807) is 0 Å². The van der Waals surface area contributed by atoms with Gasteiger partial charge in [-0.2, -0.15) is 0 Å². The molecule has 4 heteroatoms. The molecule has 1 atom stereocenters. The number of carbonyl (C=O) groups is 1. The lowest BCUT2D eigenvalue weighted by atomic mass is 10.1. The second kappa shape index (κ2) is 9.32. The molecule has 1 saturated heterocycles. The van der Waals surface area contributed by atoms with Crippen LogP contribution in [-0.4, -0.2) is 55.0 Å². The standard InChI is InChI=1S/C15H31N3O/c1-3-14-8-5-4-6-12-18(14)13-9-15(19)17(2)11-7-10-16/h14H,3-13,16H2,1-2H3. The van der Waals surface area contributed by atoms with Crippen molar-refractivity contribution in [3.05, 3.63) is 0 Å². The summed E-state index contributed by atoms with van der Waals surface area (Å²) >= 11 is 0. The molecule has 1 fully saturated rings. The number of amides is 1. The zero-order valence-electron chi connectivity index (χ0n) is 12.7. The molecule has 0 saturated carbocycles. The predicted molar refractivity (Wildman–Crippen MR) is 80.0 cm³/mol. The van der Waals surface area contributed by atoms with Crippen LogP contribution in [0.15, 0.2) is 0 Å². The summed E-state index contributed by atoms with van der Waals surface area (Å²) in [6.45, 7) is 5.79. The normalized spacial score (nSPS) is 21.1. The average molecular weight is 269 g/mol. The van der Waals surface area contributed by atoms with Crippen LogP contribution in [0.1, 0.15) is 51.9 Å². The molecular formula is C15H31N3O. The molecule has 2 N–H and O–H groups in total. The highest BCUT2D eigenvalue weighted by Gasteiger charge is 2.20. The van der Waals surface area contributed by atoms with Crippen molar-refractivity contribution < 1.29 is 4.79 Å². The molecule has 4 nitrogen and oxygen atoms in total. The van der Waals surface area contributed by atoms with Crippen LogP contribution in [-0.2, 0) is 4.79 Å². The monoisotopic (exact) mass is 269 g/mol. The van der Waals surface area contributed by atoms with Crippen LogP contribution in [0.25, 0.3) is 0 Å². The summed E-state index contributed by atoms with van der Waals surface area (Å²) in [6.07, 6.45) is 8.02. The molecule has 0 aromatic rings. The minimum atomic E-state index is 0.257. The van der Waals surface area contributed by atoms with Gasteiger partial charge in [-0.05, 0) is 38.8 Å². The fraction of sp³-hybridized carbons (Fsp3) is 0.933. The maximum Gasteiger partial charge on any atom is 0.223 e. The van der Waals surface area contributed by atoms with E-state index in [-0.39, 0.29) is 5.91 Å². The molecule has 1 aliphatic heterocycles. The van der Waals surface area contributed by atoms with Gasteiger partial charge in [0.2, 0.25) is 5.91 Å². The van der Waals surface area contributed by atoms with E-state index in [0.717, 1.165) is 26.1 Å². The molecule has 1 aliphatic rings. The largest absolute Gasteiger partial charge is 0.346 e. The summed E-state index contributed by atoms with van der Waals surface area (Å²) < 4.78 is 0. The summed E-state index contributed by atoms with van der Waals surface area (Å²) in [5.41, 5.74) is 5.48. The van der Waals surface area contributed by atoms with Crippen molar-refractivity contribution in [2.45, 2.75) is 57.9 Å². The van der Waals surface area contributed by atoms with E-state index < -0.39 is 0 Å². The third-order valence-corrected chi connectivity index (χ3v) is 4.21. The Bertz CT molecular complexity index is 258. The first kappa shape index (κ1) is 16.4. The molecule has 0 radical (unpaired) electrons. The van der Waals surface area contributed by atoms with Gasteiger partial charge >= 0.3 is 0 Å². The molecule has 1 heterocycles. The fourth-order valence-electron chi connectivity index (χ4n) is 2.88. The number of rotatable bonds is 7. The number of nitrogens with two attached hydrogens (primary N) is 1. The maximum atomic E-state index is 12.0. The van der Waals surface area contributed by atoms with Crippen molar-refractivity contribution in [1.29, 1.82) is 0 Å². The van der Waals surface area contributed by atoms with Crippen molar-refractivity contribution in [3.8, 4) is 0 Å². The summed E-state index contributed by atoms with van der Waals surface area (Å²) in [6, 6.07) is 0.685. The van der Waals surface area contributed by atoms with E-state index in [4.69, 9.17) is 5.73 Å². The Labute approximate surface area is 118 Å². The van der Waals surface area contributed by atoms with Crippen molar-refractivity contribution in [2.75, 3.05) is 33.2 Å². The van der Waals surface area contributed by atoms with Crippen molar-refractivity contribution in [2.24, 2.45) is 5.73 Å². The van der Waals surface area contributed by atoms with E-state index in [2.05, 4.69) is 11.8 Å². The molecular weight excluding hydrogens is 238 g/mol. The highest BCUT2D eigenvalue weighted by Crippen LogP contribution is 2.19. The highest BCUT2D eigenvalue weighted by molar-refractivity contribution is 5.76. The van der Waals surface area contributed by atoms with Gasteiger partial charge in [0.05, 0.1) is 0 Å². The second-order valence-electron chi connectivity index (χ2n) is 5.65. The smallest absolute Gasteiger partial charge is 0.223 e. The molecule has 1 amide bonds. The van der Waals surface area contributed by atoms with Gasteiger partial charge in [-0.15, -0.1) is 0 Å². The summed E-state index contributed by atoms with van der Waals surface area (Å²) in [5, 5.41) is 0. The van der Waals surface area contributed by atoms with Gasteiger partial charge < -0.3 is 10.6 Å². The molecule has 0 aromatic carbocycles. The Kier molecular flexibility index (Phi) is 8.07. The van der Waals surface area contributed by atoms with Crippen LogP contribution in [0.4, 0.5) is 0 Å². The SMILES string of the molecule is CCC1CCCCCN1CCC(=O)N(C)CCCN. The van der Waals surface area contributed by atoms with Crippen LogP contribution in [0.2, 0.25) is 0 Å². The Morgan fingerprint density at radius 2 is 2.16 bits per heavy atom. The average Bonchev–Trinajstić information content (AvgIpc) is 2.66.